The molecule has 2 aromatic heterocycles. The summed E-state index contributed by atoms with van der Waals surface area (Å²) in [6, 6.07) is 35.1. The Balaban J connectivity index is 1.37. The summed E-state index contributed by atoms with van der Waals surface area (Å²) >= 11 is 0. The van der Waals surface area contributed by atoms with E-state index in [1.807, 2.05) is 71.1 Å². The topological polar surface area (TPSA) is 70.8 Å². The summed E-state index contributed by atoms with van der Waals surface area (Å²) in [5.41, 5.74) is 6.24. The van der Waals surface area contributed by atoms with Crippen LogP contribution in [0.3, 0.4) is 0 Å². The zero-order valence-corrected chi connectivity index (χ0v) is 21.5. The molecule has 40 heavy (non-hydrogen) atoms. The quantitative estimate of drug-likeness (QED) is 0.232. The van der Waals surface area contributed by atoms with E-state index in [1.165, 1.54) is 18.2 Å². The Morgan fingerprint density at radius 3 is 2.30 bits per heavy atom. The number of nitrogens with zero attached hydrogens (tertiary/aromatic N) is 1. The first-order chi connectivity index (χ1) is 19.5. The number of carbonyl (C=O) groups is 2. The van der Waals surface area contributed by atoms with Crippen LogP contribution in [0.4, 0.5) is 4.39 Å². The molecule has 0 atom stereocenters. The monoisotopic (exact) mass is 528 g/mol. The van der Waals surface area contributed by atoms with Gasteiger partial charge in [0.15, 0.2) is 0 Å². The number of benzene rings is 4. The van der Waals surface area contributed by atoms with Crippen molar-refractivity contribution in [1.29, 1.82) is 0 Å². The summed E-state index contributed by atoms with van der Waals surface area (Å²) < 4.78 is 16.2. The number of carbonyl (C=O) groups excluding carboxylic acids is 1. The van der Waals surface area contributed by atoms with Gasteiger partial charge in [-0.25, -0.2) is 9.18 Å². The van der Waals surface area contributed by atoms with Crippen LogP contribution in [-0.2, 0) is 13.0 Å². The van der Waals surface area contributed by atoms with E-state index in [4.69, 9.17) is 5.11 Å². The fourth-order valence-corrected chi connectivity index (χ4v) is 5.07. The number of aromatic carboxylic acids is 1. The second kappa shape index (κ2) is 10.5. The van der Waals surface area contributed by atoms with Gasteiger partial charge in [-0.1, -0.05) is 72.8 Å². The highest BCUT2D eigenvalue weighted by Crippen LogP contribution is 2.27. The van der Waals surface area contributed by atoms with E-state index in [0.29, 0.717) is 17.5 Å². The lowest BCUT2D eigenvalue weighted by Crippen LogP contribution is -2.25. The van der Waals surface area contributed by atoms with Gasteiger partial charge in [-0.05, 0) is 70.1 Å². The summed E-state index contributed by atoms with van der Waals surface area (Å²) in [6.07, 6.45) is 0.558. The van der Waals surface area contributed by atoms with Gasteiger partial charge in [-0.3, -0.25) is 4.79 Å². The molecular formula is C34H25FN2O3. The van der Waals surface area contributed by atoms with Gasteiger partial charge in [0, 0.05) is 29.6 Å². The molecule has 6 heteroatoms. The van der Waals surface area contributed by atoms with E-state index in [1.54, 1.807) is 24.3 Å². The first-order valence-electron chi connectivity index (χ1n) is 12.9. The van der Waals surface area contributed by atoms with Gasteiger partial charge in [0.2, 0.25) is 0 Å². The molecule has 4 aromatic carbocycles. The van der Waals surface area contributed by atoms with E-state index >= 15 is 0 Å². The normalized spacial score (nSPS) is 11.1. The molecule has 0 bridgehead atoms. The lowest BCUT2D eigenvalue weighted by molar-refractivity contribution is 0.0696. The van der Waals surface area contributed by atoms with Crippen molar-refractivity contribution in [2.45, 2.75) is 13.0 Å². The molecule has 0 radical (unpaired) electrons. The summed E-state index contributed by atoms with van der Waals surface area (Å²) in [7, 11) is 0. The Kier molecular flexibility index (Phi) is 6.58. The van der Waals surface area contributed by atoms with Crippen molar-refractivity contribution >= 4 is 28.2 Å². The van der Waals surface area contributed by atoms with Crippen molar-refractivity contribution in [2.75, 3.05) is 0 Å². The number of carboxylic acids is 1. The maximum absolute atomic E-state index is 14.2. The Labute approximate surface area is 230 Å². The third-order valence-corrected chi connectivity index (χ3v) is 7.10. The van der Waals surface area contributed by atoms with Gasteiger partial charge >= 0.3 is 5.97 Å². The van der Waals surface area contributed by atoms with Crippen LogP contribution in [0.15, 0.2) is 115 Å². The lowest BCUT2D eigenvalue weighted by Gasteiger charge is -2.14. The van der Waals surface area contributed by atoms with Gasteiger partial charge in [0.25, 0.3) is 5.91 Å². The number of hydrogen-bond acceptors (Lipinski definition) is 2. The van der Waals surface area contributed by atoms with Crippen molar-refractivity contribution in [3.05, 3.63) is 149 Å². The van der Waals surface area contributed by atoms with Crippen molar-refractivity contribution in [2.24, 2.45) is 0 Å². The minimum absolute atomic E-state index is 0.195. The molecule has 5 nitrogen and oxygen atoms in total. The Bertz CT molecular complexity index is 1880. The molecule has 0 aliphatic carbocycles. The maximum Gasteiger partial charge on any atom is 0.335 e. The minimum atomic E-state index is -0.993. The van der Waals surface area contributed by atoms with Gasteiger partial charge in [0.05, 0.1) is 5.56 Å². The Morgan fingerprint density at radius 1 is 0.750 bits per heavy atom. The number of carboxylic acid groups (broad SMARTS) is 1. The van der Waals surface area contributed by atoms with Crippen LogP contribution in [0.1, 0.15) is 37.7 Å². The van der Waals surface area contributed by atoms with E-state index in [2.05, 4.69) is 11.4 Å². The summed E-state index contributed by atoms with van der Waals surface area (Å²) in [4.78, 5) is 24.8. The average molecular weight is 529 g/mol. The van der Waals surface area contributed by atoms with Crippen LogP contribution in [0.25, 0.3) is 27.4 Å². The number of rotatable bonds is 7. The predicted molar refractivity (Wildman–Crippen MR) is 154 cm³/mol. The van der Waals surface area contributed by atoms with Crippen LogP contribution in [0, 0.1) is 5.82 Å². The van der Waals surface area contributed by atoms with E-state index in [-0.39, 0.29) is 23.8 Å². The van der Waals surface area contributed by atoms with Gasteiger partial charge in [0.1, 0.15) is 11.5 Å². The number of pyridine rings is 1. The molecule has 0 saturated heterocycles. The Morgan fingerprint density at radius 2 is 1.52 bits per heavy atom. The van der Waals surface area contributed by atoms with Crippen molar-refractivity contribution in [1.82, 2.24) is 9.72 Å². The van der Waals surface area contributed by atoms with Crippen LogP contribution in [0.2, 0.25) is 0 Å². The minimum Gasteiger partial charge on any atom is -0.478 e. The summed E-state index contributed by atoms with van der Waals surface area (Å²) in [5, 5.41) is 13.6. The third-order valence-electron chi connectivity index (χ3n) is 7.10. The smallest absolute Gasteiger partial charge is 0.335 e. The summed E-state index contributed by atoms with van der Waals surface area (Å²) in [5.74, 6) is -1.49. The molecule has 0 spiro atoms. The first-order valence-corrected chi connectivity index (χ1v) is 12.9. The fraction of sp³-hybridized carbons (Fsp3) is 0.0588. The number of aromatic nitrogens is 1. The number of halogens is 1. The van der Waals surface area contributed by atoms with Crippen LogP contribution in [-0.4, -0.2) is 21.4 Å². The Hall–Kier alpha value is -5.23. The molecule has 0 aliphatic heterocycles. The average Bonchev–Trinajstić information content (AvgIpc) is 3.38. The molecule has 0 aliphatic rings. The van der Waals surface area contributed by atoms with E-state index in [9.17, 15) is 14.0 Å². The predicted octanol–water partition coefficient (Wildman–Crippen LogP) is 7.12. The zero-order valence-electron chi connectivity index (χ0n) is 21.5. The third kappa shape index (κ3) is 4.95. The number of hydrogen-bond donors (Lipinski definition) is 2. The molecular weight excluding hydrogens is 503 g/mol. The van der Waals surface area contributed by atoms with Crippen molar-refractivity contribution < 1.29 is 19.1 Å². The highest BCUT2D eigenvalue weighted by atomic mass is 19.1. The van der Waals surface area contributed by atoms with Gasteiger partial charge < -0.3 is 14.8 Å². The molecule has 0 fully saturated rings. The second-order valence-corrected chi connectivity index (χ2v) is 9.74. The highest BCUT2D eigenvalue weighted by molar-refractivity contribution is 5.95. The molecule has 2 N–H and O–H groups in total. The van der Waals surface area contributed by atoms with Crippen LogP contribution in [0.5, 0.6) is 0 Å². The molecule has 0 saturated carbocycles. The molecule has 6 rings (SSSR count). The molecule has 2 heterocycles. The zero-order chi connectivity index (χ0) is 27.6. The first kappa shape index (κ1) is 25.1. The fourth-order valence-electron chi connectivity index (χ4n) is 5.07. The van der Waals surface area contributed by atoms with Crippen LogP contribution < -0.4 is 5.32 Å². The standard InChI is InChI=1S/C34H25FN2O3/c35-31-8-4-7-26-17-23(11-16-30(26)31)18-28-14-15-29-19-27(24-5-2-1-3-6-24)20-32(37(28)29)33(38)36-21-22-9-12-25(13-10-22)34(39)40/h1-17,19-20H,18,21H2,(H,36,38)(H,39,40). The maximum atomic E-state index is 14.2. The SMILES string of the molecule is O=C(O)c1ccc(CNC(=O)c2cc(-c3ccccc3)cc3ccc(Cc4ccc5c(F)cccc5c4)n23)cc1. The van der Waals surface area contributed by atoms with Crippen molar-refractivity contribution in [3.8, 4) is 11.1 Å². The van der Waals surface area contributed by atoms with E-state index < -0.39 is 5.97 Å². The lowest BCUT2D eigenvalue weighted by atomic mass is 10.0. The largest absolute Gasteiger partial charge is 0.478 e. The van der Waals surface area contributed by atoms with Crippen molar-refractivity contribution in [3.63, 3.8) is 0 Å². The number of fused-ring (bicyclic) bond motifs is 2. The highest BCUT2D eigenvalue weighted by Gasteiger charge is 2.17. The number of nitrogens with one attached hydrogen (secondary N) is 1. The second-order valence-electron chi connectivity index (χ2n) is 9.74. The molecule has 6 aromatic rings. The van der Waals surface area contributed by atoms with Crippen LogP contribution >= 0.6 is 0 Å². The molecule has 1 amide bonds. The van der Waals surface area contributed by atoms with Gasteiger partial charge in [-0.15, -0.1) is 0 Å². The molecule has 0 unspecified atom stereocenters. The van der Waals surface area contributed by atoms with Gasteiger partial charge in [-0.2, -0.15) is 0 Å². The van der Waals surface area contributed by atoms with E-state index in [0.717, 1.165) is 38.9 Å². The number of amides is 1. The molecule has 196 valence electrons. The summed E-state index contributed by atoms with van der Waals surface area (Å²) in [6.45, 7) is 0.253.